The maximum Gasteiger partial charge on any atom is 0.341 e. The molecule has 1 aromatic rings. The van der Waals surface area contributed by atoms with Crippen molar-refractivity contribution in [3.63, 3.8) is 0 Å². The lowest BCUT2D eigenvalue weighted by molar-refractivity contribution is 0.0596. The third-order valence-electron chi connectivity index (χ3n) is 2.50. The van der Waals surface area contributed by atoms with Crippen molar-refractivity contribution in [2.24, 2.45) is 0 Å². The minimum atomic E-state index is -0.551. The first-order valence-electron chi connectivity index (χ1n) is 4.89. The Bertz CT molecular complexity index is 451. The second kappa shape index (κ2) is 5.34. The van der Waals surface area contributed by atoms with E-state index < -0.39 is 5.97 Å². The van der Waals surface area contributed by atoms with Gasteiger partial charge in [0.25, 0.3) is 0 Å². The van der Waals surface area contributed by atoms with Gasteiger partial charge >= 0.3 is 5.97 Å². The van der Waals surface area contributed by atoms with E-state index in [0.29, 0.717) is 28.9 Å². The first kappa shape index (κ1) is 13.0. The summed E-state index contributed by atoms with van der Waals surface area (Å²) in [7, 11) is 4.15. The zero-order chi connectivity index (χ0) is 13.0. The molecule has 1 aromatic carbocycles. The summed E-state index contributed by atoms with van der Waals surface area (Å²) in [6.45, 7) is 1.64. The van der Waals surface area contributed by atoms with Crippen LogP contribution in [0.2, 0.25) is 0 Å². The molecule has 0 spiro atoms. The highest BCUT2D eigenvalue weighted by molar-refractivity contribution is 5.98. The van der Waals surface area contributed by atoms with E-state index >= 15 is 0 Å². The topological polar surface area (TPSA) is 61.8 Å². The Kier molecular flexibility index (Phi) is 4.09. The molecule has 0 saturated heterocycles. The molecule has 0 aromatic heterocycles. The van der Waals surface area contributed by atoms with Gasteiger partial charge in [0, 0.05) is 6.07 Å². The number of hydrogen-bond donors (Lipinski definition) is 0. The summed E-state index contributed by atoms with van der Waals surface area (Å²) >= 11 is 0. The quantitative estimate of drug-likeness (QED) is 0.589. The highest BCUT2D eigenvalue weighted by Gasteiger charge is 2.21. The van der Waals surface area contributed by atoms with Crippen LogP contribution in [-0.2, 0) is 4.74 Å². The smallest absolute Gasteiger partial charge is 0.341 e. The fourth-order valence-corrected chi connectivity index (χ4v) is 1.61. The van der Waals surface area contributed by atoms with Crippen LogP contribution in [0, 0.1) is 6.92 Å². The molecule has 0 atom stereocenters. The SMILES string of the molecule is COC(=O)c1c(OC)cc(OC)c(C=O)c1C. The molecule has 0 unspecified atom stereocenters. The van der Waals surface area contributed by atoms with E-state index in [4.69, 9.17) is 9.47 Å². The number of benzene rings is 1. The number of esters is 1. The van der Waals surface area contributed by atoms with Gasteiger partial charge < -0.3 is 14.2 Å². The number of carbonyl (C=O) groups is 2. The van der Waals surface area contributed by atoms with E-state index in [1.807, 2.05) is 0 Å². The van der Waals surface area contributed by atoms with E-state index in [9.17, 15) is 9.59 Å². The molecule has 5 heteroatoms. The Morgan fingerprint density at radius 3 is 2.18 bits per heavy atom. The van der Waals surface area contributed by atoms with E-state index in [2.05, 4.69) is 4.74 Å². The first-order chi connectivity index (χ1) is 8.10. The zero-order valence-electron chi connectivity index (χ0n) is 10.2. The number of rotatable bonds is 4. The normalized spacial score (nSPS) is 9.65. The predicted molar refractivity (Wildman–Crippen MR) is 61.0 cm³/mol. The molecule has 0 aliphatic carbocycles. The third-order valence-corrected chi connectivity index (χ3v) is 2.50. The molecule has 0 fully saturated rings. The molecular weight excluding hydrogens is 224 g/mol. The Hall–Kier alpha value is -2.04. The molecule has 0 aliphatic heterocycles. The van der Waals surface area contributed by atoms with Crippen LogP contribution in [-0.4, -0.2) is 33.6 Å². The molecule has 0 N–H and O–H groups in total. The Labute approximate surface area is 99.3 Å². The first-order valence-corrected chi connectivity index (χ1v) is 4.89. The van der Waals surface area contributed by atoms with Gasteiger partial charge in [-0.05, 0) is 12.5 Å². The van der Waals surface area contributed by atoms with Crippen LogP contribution in [0.15, 0.2) is 6.07 Å². The van der Waals surface area contributed by atoms with Crippen molar-refractivity contribution in [1.82, 2.24) is 0 Å². The third kappa shape index (κ3) is 2.22. The summed E-state index contributed by atoms with van der Waals surface area (Å²) in [5, 5.41) is 0. The van der Waals surface area contributed by atoms with Gasteiger partial charge in [-0.3, -0.25) is 4.79 Å². The van der Waals surface area contributed by atoms with Gasteiger partial charge in [0.15, 0.2) is 6.29 Å². The molecule has 0 saturated carbocycles. The fraction of sp³-hybridized carbons (Fsp3) is 0.333. The van der Waals surface area contributed by atoms with Gasteiger partial charge in [-0.1, -0.05) is 0 Å². The second-order valence-electron chi connectivity index (χ2n) is 3.30. The van der Waals surface area contributed by atoms with Crippen LogP contribution < -0.4 is 9.47 Å². The molecule has 0 bridgehead atoms. The summed E-state index contributed by atoms with van der Waals surface area (Å²) in [6, 6.07) is 1.49. The van der Waals surface area contributed by atoms with E-state index in [-0.39, 0.29) is 5.56 Å². The van der Waals surface area contributed by atoms with Crippen molar-refractivity contribution in [3.8, 4) is 11.5 Å². The van der Waals surface area contributed by atoms with Crippen molar-refractivity contribution in [3.05, 3.63) is 22.8 Å². The van der Waals surface area contributed by atoms with Gasteiger partial charge in [0.2, 0.25) is 0 Å². The average molecular weight is 238 g/mol. The van der Waals surface area contributed by atoms with Crippen LogP contribution >= 0.6 is 0 Å². The highest BCUT2D eigenvalue weighted by atomic mass is 16.5. The number of hydrogen-bond acceptors (Lipinski definition) is 5. The van der Waals surface area contributed by atoms with E-state index in [1.54, 1.807) is 6.92 Å². The molecule has 0 aliphatic rings. The number of methoxy groups -OCH3 is 3. The maximum absolute atomic E-state index is 11.6. The van der Waals surface area contributed by atoms with Crippen molar-refractivity contribution >= 4 is 12.3 Å². The molecule has 5 nitrogen and oxygen atoms in total. The van der Waals surface area contributed by atoms with Crippen molar-refractivity contribution in [2.75, 3.05) is 21.3 Å². The average Bonchev–Trinajstić information content (AvgIpc) is 2.36. The van der Waals surface area contributed by atoms with Crippen LogP contribution in [0.1, 0.15) is 26.3 Å². The molecule has 0 amide bonds. The lowest BCUT2D eigenvalue weighted by atomic mass is 10.0. The van der Waals surface area contributed by atoms with Crippen LogP contribution in [0.3, 0.4) is 0 Å². The fourth-order valence-electron chi connectivity index (χ4n) is 1.61. The minimum absolute atomic E-state index is 0.234. The largest absolute Gasteiger partial charge is 0.496 e. The summed E-state index contributed by atoms with van der Waals surface area (Å²) < 4.78 is 14.8. The lowest BCUT2D eigenvalue weighted by Gasteiger charge is -2.14. The Balaban J connectivity index is 3.57. The lowest BCUT2D eigenvalue weighted by Crippen LogP contribution is -2.09. The van der Waals surface area contributed by atoms with Crippen molar-refractivity contribution < 1.29 is 23.8 Å². The van der Waals surface area contributed by atoms with E-state index in [1.165, 1.54) is 27.4 Å². The standard InChI is InChI=1S/C12H14O5/c1-7-8(6-13)9(15-2)5-10(16-3)11(7)12(14)17-4/h5-6H,1-4H3. The molecule has 92 valence electrons. The summed E-state index contributed by atoms with van der Waals surface area (Å²) in [5.74, 6) is 0.129. The summed E-state index contributed by atoms with van der Waals surface area (Å²) in [4.78, 5) is 22.6. The summed E-state index contributed by atoms with van der Waals surface area (Å²) in [5.41, 5.74) is 1.02. The van der Waals surface area contributed by atoms with Crippen LogP contribution in [0.25, 0.3) is 0 Å². The molecule has 0 heterocycles. The van der Waals surface area contributed by atoms with E-state index in [0.717, 1.165) is 0 Å². The van der Waals surface area contributed by atoms with Gasteiger partial charge in [-0.25, -0.2) is 4.79 Å². The monoisotopic (exact) mass is 238 g/mol. The molecule has 0 radical (unpaired) electrons. The Morgan fingerprint density at radius 1 is 1.18 bits per heavy atom. The van der Waals surface area contributed by atoms with Gasteiger partial charge in [0.05, 0.1) is 26.9 Å². The second-order valence-corrected chi connectivity index (χ2v) is 3.30. The summed E-state index contributed by atoms with van der Waals surface area (Å²) in [6.07, 6.45) is 0.639. The molecule has 1 rings (SSSR count). The minimum Gasteiger partial charge on any atom is -0.496 e. The number of ether oxygens (including phenoxy) is 3. The van der Waals surface area contributed by atoms with Crippen LogP contribution in [0.4, 0.5) is 0 Å². The van der Waals surface area contributed by atoms with Crippen molar-refractivity contribution in [2.45, 2.75) is 6.92 Å². The molecular formula is C12H14O5. The Morgan fingerprint density at radius 2 is 1.76 bits per heavy atom. The number of aldehydes is 1. The number of carbonyl (C=O) groups excluding carboxylic acids is 2. The zero-order valence-corrected chi connectivity index (χ0v) is 10.2. The maximum atomic E-state index is 11.6. The van der Waals surface area contributed by atoms with Gasteiger partial charge in [-0.2, -0.15) is 0 Å². The molecule has 17 heavy (non-hydrogen) atoms. The predicted octanol–water partition coefficient (Wildman–Crippen LogP) is 1.61. The highest BCUT2D eigenvalue weighted by Crippen LogP contribution is 2.32. The van der Waals surface area contributed by atoms with Crippen LogP contribution in [0.5, 0.6) is 11.5 Å². The van der Waals surface area contributed by atoms with Gasteiger partial charge in [-0.15, -0.1) is 0 Å². The van der Waals surface area contributed by atoms with Crippen molar-refractivity contribution in [1.29, 1.82) is 0 Å². The van der Waals surface area contributed by atoms with Gasteiger partial charge in [0.1, 0.15) is 17.1 Å².